The van der Waals surface area contributed by atoms with Gasteiger partial charge in [0.05, 0.1) is 0 Å². The van der Waals surface area contributed by atoms with Crippen molar-refractivity contribution in [3.8, 4) is 6.07 Å². The number of rotatable bonds is 4. The summed E-state index contributed by atoms with van der Waals surface area (Å²) in [6.07, 6.45) is 3.38. The van der Waals surface area contributed by atoms with E-state index in [9.17, 15) is 4.79 Å². The SMILES string of the molecule is CSc1nsc(NC(=O)/C(C#N)=C\c2ccccc2)n1. The lowest BCUT2D eigenvalue weighted by molar-refractivity contribution is -0.112. The first-order valence-corrected chi connectivity index (χ1v) is 7.58. The number of benzene rings is 1. The van der Waals surface area contributed by atoms with E-state index in [0.717, 1.165) is 17.1 Å². The van der Waals surface area contributed by atoms with Gasteiger partial charge in [-0.1, -0.05) is 42.1 Å². The molecule has 5 nitrogen and oxygen atoms in total. The van der Waals surface area contributed by atoms with Crippen LogP contribution < -0.4 is 5.32 Å². The average molecular weight is 302 g/mol. The summed E-state index contributed by atoms with van der Waals surface area (Å²) in [7, 11) is 0. The summed E-state index contributed by atoms with van der Waals surface area (Å²) >= 11 is 2.48. The van der Waals surface area contributed by atoms with Crippen LogP contribution in [0, 0.1) is 11.3 Å². The van der Waals surface area contributed by atoms with Crippen molar-refractivity contribution in [2.45, 2.75) is 5.16 Å². The normalized spacial score (nSPS) is 10.9. The lowest BCUT2D eigenvalue weighted by Crippen LogP contribution is -2.13. The summed E-state index contributed by atoms with van der Waals surface area (Å²) in [5.74, 6) is -0.486. The summed E-state index contributed by atoms with van der Waals surface area (Å²) in [5.41, 5.74) is 0.818. The number of carbonyl (C=O) groups is 1. The molecule has 1 aromatic heterocycles. The third kappa shape index (κ3) is 3.66. The van der Waals surface area contributed by atoms with Crippen LogP contribution in [0.3, 0.4) is 0 Å². The van der Waals surface area contributed by atoms with Gasteiger partial charge in [0.25, 0.3) is 5.91 Å². The van der Waals surface area contributed by atoms with Crippen LogP contribution in [-0.2, 0) is 4.79 Å². The minimum absolute atomic E-state index is 0.0251. The number of nitrogens with one attached hydrogen (secondary N) is 1. The van der Waals surface area contributed by atoms with Gasteiger partial charge < -0.3 is 0 Å². The summed E-state index contributed by atoms with van der Waals surface area (Å²) in [4.78, 5) is 16.1. The zero-order valence-corrected chi connectivity index (χ0v) is 12.2. The zero-order chi connectivity index (χ0) is 14.4. The number of hydrogen-bond acceptors (Lipinski definition) is 6. The first-order chi connectivity index (χ1) is 9.72. The lowest BCUT2D eigenvalue weighted by Gasteiger charge is -1.99. The van der Waals surface area contributed by atoms with E-state index in [1.54, 1.807) is 0 Å². The fourth-order valence-electron chi connectivity index (χ4n) is 1.37. The highest BCUT2D eigenvalue weighted by Gasteiger charge is 2.12. The van der Waals surface area contributed by atoms with Gasteiger partial charge in [0.1, 0.15) is 11.6 Å². The first kappa shape index (κ1) is 14.2. The number of amides is 1. The van der Waals surface area contributed by atoms with Crippen LogP contribution in [-0.4, -0.2) is 21.5 Å². The van der Waals surface area contributed by atoms with Crippen molar-refractivity contribution in [3.63, 3.8) is 0 Å². The molecule has 0 aliphatic heterocycles. The van der Waals surface area contributed by atoms with Crippen molar-refractivity contribution in [2.24, 2.45) is 0 Å². The molecular formula is C13H10N4OS2. The molecule has 20 heavy (non-hydrogen) atoms. The predicted octanol–water partition coefficient (Wildman–Crippen LogP) is 2.81. The molecule has 0 radical (unpaired) electrons. The van der Waals surface area contributed by atoms with Gasteiger partial charge >= 0.3 is 0 Å². The van der Waals surface area contributed by atoms with Crippen molar-refractivity contribution >= 4 is 40.4 Å². The monoisotopic (exact) mass is 302 g/mol. The van der Waals surface area contributed by atoms with Gasteiger partial charge in [-0.25, -0.2) is 0 Å². The molecule has 0 saturated heterocycles. The highest BCUT2D eigenvalue weighted by molar-refractivity contribution is 7.98. The highest BCUT2D eigenvalue weighted by atomic mass is 32.2. The molecule has 0 fully saturated rings. The zero-order valence-electron chi connectivity index (χ0n) is 10.5. The Morgan fingerprint density at radius 1 is 1.45 bits per heavy atom. The Balaban J connectivity index is 2.14. The van der Waals surface area contributed by atoms with Crippen LogP contribution in [0.4, 0.5) is 5.13 Å². The van der Waals surface area contributed by atoms with Gasteiger partial charge in [0.2, 0.25) is 10.3 Å². The Morgan fingerprint density at radius 2 is 2.20 bits per heavy atom. The Hall–Kier alpha value is -2.17. The van der Waals surface area contributed by atoms with Crippen molar-refractivity contribution in [2.75, 3.05) is 11.6 Å². The van der Waals surface area contributed by atoms with E-state index >= 15 is 0 Å². The summed E-state index contributed by atoms with van der Waals surface area (Å²) in [6.45, 7) is 0. The summed E-state index contributed by atoms with van der Waals surface area (Å²) in [5, 5.41) is 12.6. The molecule has 1 aromatic carbocycles. The van der Waals surface area contributed by atoms with E-state index in [-0.39, 0.29) is 5.57 Å². The highest BCUT2D eigenvalue weighted by Crippen LogP contribution is 2.18. The second-order valence-electron chi connectivity index (χ2n) is 3.62. The lowest BCUT2D eigenvalue weighted by atomic mass is 10.1. The average Bonchev–Trinajstić information content (AvgIpc) is 2.93. The van der Waals surface area contributed by atoms with Crippen LogP contribution in [0.15, 0.2) is 41.1 Å². The van der Waals surface area contributed by atoms with E-state index in [2.05, 4.69) is 14.7 Å². The van der Waals surface area contributed by atoms with Crippen molar-refractivity contribution in [1.82, 2.24) is 9.36 Å². The Morgan fingerprint density at radius 3 is 2.80 bits per heavy atom. The number of carbonyl (C=O) groups excluding carboxylic acids is 1. The number of nitriles is 1. The van der Waals surface area contributed by atoms with Crippen LogP contribution >= 0.6 is 23.3 Å². The number of aromatic nitrogens is 2. The molecule has 0 bridgehead atoms. The number of hydrogen-bond donors (Lipinski definition) is 1. The first-order valence-electron chi connectivity index (χ1n) is 5.59. The van der Waals surface area contributed by atoms with Gasteiger partial charge in [0.15, 0.2) is 0 Å². The molecule has 0 spiro atoms. The van der Waals surface area contributed by atoms with Gasteiger partial charge in [-0.2, -0.15) is 14.6 Å². The summed E-state index contributed by atoms with van der Waals surface area (Å²) in [6, 6.07) is 11.1. The molecule has 1 N–H and O–H groups in total. The fraction of sp³-hybridized carbons (Fsp3) is 0.0769. The van der Waals surface area contributed by atoms with Crippen molar-refractivity contribution < 1.29 is 4.79 Å². The molecule has 1 heterocycles. The maximum atomic E-state index is 12.0. The quantitative estimate of drug-likeness (QED) is 0.534. The molecule has 2 aromatic rings. The second kappa shape index (κ2) is 6.84. The van der Waals surface area contributed by atoms with Crippen LogP contribution in [0.5, 0.6) is 0 Å². The Kier molecular flexibility index (Phi) is 4.87. The Labute approximate surface area is 124 Å². The molecule has 0 aliphatic rings. The predicted molar refractivity (Wildman–Crippen MR) is 80.4 cm³/mol. The van der Waals surface area contributed by atoms with Crippen LogP contribution in [0.1, 0.15) is 5.56 Å². The smallest absolute Gasteiger partial charge is 0.268 e. The molecule has 0 saturated carbocycles. The maximum Gasteiger partial charge on any atom is 0.268 e. The van der Waals surface area contributed by atoms with Crippen LogP contribution in [0.25, 0.3) is 6.08 Å². The van der Waals surface area contributed by atoms with Crippen molar-refractivity contribution in [3.05, 3.63) is 41.5 Å². The van der Waals surface area contributed by atoms with E-state index < -0.39 is 5.91 Å². The van der Waals surface area contributed by atoms with Gasteiger partial charge in [-0.3, -0.25) is 10.1 Å². The number of thioether (sulfide) groups is 1. The molecule has 0 aliphatic carbocycles. The topological polar surface area (TPSA) is 78.7 Å². The third-order valence-corrected chi connectivity index (χ3v) is 3.58. The minimum Gasteiger partial charge on any atom is -0.296 e. The number of anilines is 1. The van der Waals surface area contributed by atoms with E-state index in [1.165, 1.54) is 17.8 Å². The minimum atomic E-state index is -0.486. The van der Waals surface area contributed by atoms with E-state index in [1.807, 2.05) is 42.7 Å². The third-order valence-electron chi connectivity index (χ3n) is 2.29. The number of nitrogens with zero attached hydrogens (tertiary/aromatic N) is 3. The standard InChI is InChI=1S/C13H10N4OS2/c1-19-13-16-12(20-17-13)15-11(18)10(8-14)7-9-5-3-2-4-6-9/h2-7H,1H3,(H,15,16,17,18)/b10-7-. The molecule has 0 atom stereocenters. The van der Waals surface area contributed by atoms with E-state index in [4.69, 9.17) is 5.26 Å². The van der Waals surface area contributed by atoms with Gasteiger partial charge in [-0.15, -0.1) is 0 Å². The molecule has 7 heteroatoms. The summed E-state index contributed by atoms with van der Waals surface area (Å²) < 4.78 is 4.03. The Bertz CT molecular complexity index is 673. The molecule has 0 unspecified atom stereocenters. The van der Waals surface area contributed by atoms with Gasteiger partial charge in [0, 0.05) is 11.5 Å². The van der Waals surface area contributed by atoms with Crippen LogP contribution in [0.2, 0.25) is 0 Å². The molecular weight excluding hydrogens is 292 g/mol. The maximum absolute atomic E-state index is 12.0. The second-order valence-corrected chi connectivity index (χ2v) is 5.15. The molecule has 100 valence electrons. The fourth-order valence-corrected chi connectivity index (χ4v) is 2.49. The largest absolute Gasteiger partial charge is 0.296 e. The van der Waals surface area contributed by atoms with Gasteiger partial charge in [-0.05, 0) is 17.9 Å². The molecule has 1 amide bonds. The van der Waals surface area contributed by atoms with E-state index in [0.29, 0.717) is 10.3 Å². The van der Waals surface area contributed by atoms with Crippen molar-refractivity contribution in [1.29, 1.82) is 5.26 Å². The molecule has 2 rings (SSSR count).